The van der Waals surface area contributed by atoms with Gasteiger partial charge in [-0.25, -0.2) is 0 Å². The van der Waals surface area contributed by atoms with Gasteiger partial charge < -0.3 is 0 Å². The Labute approximate surface area is 286 Å². The van der Waals surface area contributed by atoms with Crippen LogP contribution >= 0.6 is 0 Å². The van der Waals surface area contributed by atoms with Crippen LogP contribution in [0.3, 0.4) is 0 Å². The summed E-state index contributed by atoms with van der Waals surface area (Å²) in [6.45, 7) is 0. The van der Waals surface area contributed by atoms with Crippen LogP contribution in [0.4, 0.5) is 0 Å². The molecule has 9 aromatic rings. The minimum Gasteiger partial charge on any atom is -0.0623 e. The molecular formula is C48H30Si. The van der Waals surface area contributed by atoms with Crippen molar-refractivity contribution in [1.29, 1.82) is 0 Å². The SMILES string of the molecule is c1ccc2c(c1)-c1ccccc1[Si]21c2ccccc2-c2ccc(-c3c4ccccc4c(-c4ccc5ccccc5c4)c4ccccc34)cc21. The van der Waals surface area contributed by atoms with Crippen LogP contribution in [-0.4, -0.2) is 8.07 Å². The molecule has 2 aliphatic rings. The van der Waals surface area contributed by atoms with Gasteiger partial charge in [0.05, 0.1) is 0 Å². The third-order valence-electron chi connectivity index (χ3n) is 11.3. The van der Waals surface area contributed by atoms with E-state index in [0.29, 0.717) is 0 Å². The van der Waals surface area contributed by atoms with Gasteiger partial charge in [0.1, 0.15) is 0 Å². The maximum atomic E-state index is 2.59. The first-order valence-electron chi connectivity index (χ1n) is 17.2. The molecule has 0 saturated carbocycles. The summed E-state index contributed by atoms with van der Waals surface area (Å²) in [5.41, 5.74) is 10.7. The van der Waals surface area contributed by atoms with Crippen molar-refractivity contribution in [3.05, 3.63) is 182 Å². The highest BCUT2D eigenvalue weighted by molar-refractivity contribution is 7.24. The van der Waals surface area contributed by atoms with Gasteiger partial charge in [0, 0.05) is 0 Å². The number of rotatable bonds is 2. The first kappa shape index (κ1) is 27.0. The lowest BCUT2D eigenvalue weighted by Crippen LogP contribution is -2.70. The van der Waals surface area contributed by atoms with E-state index in [4.69, 9.17) is 0 Å². The summed E-state index contributed by atoms with van der Waals surface area (Å²) >= 11 is 0. The predicted octanol–water partition coefficient (Wildman–Crippen LogP) is 9.82. The Kier molecular flexibility index (Phi) is 5.50. The Morgan fingerprint density at radius 1 is 0.265 bits per heavy atom. The Morgan fingerprint density at radius 2 is 0.653 bits per heavy atom. The van der Waals surface area contributed by atoms with Crippen LogP contribution in [0.25, 0.3) is 76.8 Å². The summed E-state index contributed by atoms with van der Waals surface area (Å²) in [6, 6.07) is 68.7. The molecule has 0 amide bonds. The molecule has 1 heteroatoms. The maximum absolute atomic E-state index is 2.59. The van der Waals surface area contributed by atoms with Gasteiger partial charge in [0.25, 0.3) is 0 Å². The van der Waals surface area contributed by atoms with Crippen LogP contribution in [-0.2, 0) is 0 Å². The molecule has 0 N–H and O–H groups in total. The molecule has 49 heavy (non-hydrogen) atoms. The van der Waals surface area contributed by atoms with Crippen molar-refractivity contribution in [2.45, 2.75) is 0 Å². The van der Waals surface area contributed by atoms with Gasteiger partial charge >= 0.3 is 0 Å². The quantitative estimate of drug-likeness (QED) is 0.131. The second-order valence-corrected chi connectivity index (χ2v) is 17.2. The van der Waals surface area contributed by atoms with E-state index in [2.05, 4.69) is 182 Å². The van der Waals surface area contributed by atoms with Crippen LogP contribution < -0.4 is 20.7 Å². The van der Waals surface area contributed by atoms with Gasteiger partial charge in [-0.1, -0.05) is 176 Å². The van der Waals surface area contributed by atoms with Crippen LogP contribution in [0, 0.1) is 0 Å². The fourth-order valence-electron chi connectivity index (χ4n) is 9.35. The van der Waals surface area contributed by atoms with E-state index in [0.717, 1.165) is 0 Å². The Balaban J connectivity index is 1.24. The Hall–Kier alpha value is -6.02. The van der Waals surface area contributed by atoms with Crippen LogP contribution in [0.1, 0.15) is 0 Å². The average molecular weight is 635 g/mol. The summed E-state index contributed by atoms with van der Waals surface area (Å²) < 4.78 is 0. The fourth-order valence-corrected chi connectivity index (χ4v) is 15.0. The van der Waals surface area contributed by atoms with E-state index in [-0.39, 0.29) is 0 Å². The molecule has 2 aliphatic heterocycles. The minimum absolute atomic E-state index is 1.26. The third-order valence-corrected chi connectivity index (χ3v) is 16.2. The second kappa shape index (κ2) is 9.99. The van der Waals surface area contributed by atoms with E-state index in [9.17, 15) is 0 Å². The van der Waals surface area contributed by atoms with Crippen molar-refractivity contribution in [2.75, 3.05) is 0 Å². The molecule has 0 atom stereocenters. The highest BCUT2D eigenvalue weighted by atomic mass is 28.3. The highest BCUT2D eigenvalue weighted by Crippen LogP contribution is 2.45. The average Bonchev–Trinajstić information content (AvgIpc) is 3.64. The zero-order valence-electron chi connectivity index (χ0n) is 26.8. The minimum atomic E-state index is -2.54. The first-order valence-corrected chi connectivity index (χ1v) is 19.2. The lowest BCUT2D eigenvalue weighted by molar-refractivity contribution is 1.67. The van der Waals surface area contributed by atoms with Crippen molar-refractivity contribution in [3.8, 4) is 44.5 Å². The molecule has 0 aromatic heterocycles. The molecule has 226 valence electrons. The van der Waals surface area contributed by atoms with E-state index < -0.39 is 8.07 Å². The third kappa shape index (κ3) is 3.52. The van der Waals surface area contributed by atoms with Crippen molar-refractivity contribution in [1.82, 2.24) is 0 Å². The van der Waals surface area contributed by atoms with E-state index in [1.165, 1.54) is 97.6 Å². The highest BCUT2D eigenvalue weighted by Gasteiger charge is 2.53. The maximum Gasteiger partial charge on any atom is 0.182 e. The molecule has 0 saturated heterocycles. The molecule has 0 nitrogen and oxygen atoms in total. The van der Waals surface area contributed by atoms with Gasteiger partial charge in [-0.15, -0.1) is 0 Å². The number of fused-ring (bicyclic) bond motifs is 13. The second-order valence-electron chi connectivity index (χ2n) is 13.6. The lowest BCUT2D eigenvalue weighted by atomic mass is 9.85. The molecule has 2 heterocycles. The van der Waals surface area contributed by atoms with E-state index in [1.807, 2.05) is 0 Å². The molecule has 0 unspecified atom stereocenters. The van der Waals surface area contributed by atoms with Gasteiger partial charge in [-0.2, -0.15) is 0 Å². The summed E-state index contributed by atoms with van der Waals surface area (Å²) in [5.74, 6) is 0. The first-order chi connectivity index (χ1) is 24.3. The van der Waals surface area contributed by atoms with Crippen LogP contribution in [0.15, 0.2) is 182 Å². The Morgan fingerprint density at radius 3 is 1.18 bits per heavy atom. The molecule has 11 rings (SSSR count). The molecular weight excluding hydrogens is 605 g/mol. The summed E-state index contributed by atoms with van der Waals surface area (Å²) in [6.07, 6.45) is 0. The molecule has 0 bridgehead atoms. The van der Waals surface area contributed by atoms with Crippen LogP contribution in [0.2, 0.25) is 0 Å². The van der Waals surface area contributed by atoms with Gasteiger partial charge in [-0.05, 0) is 104 Å². The Bertz CT molecular complexity index is 2720. The monoisotopic (exact) mass is 634 g/mol. The van der Waals surface area contributed by atoms with Crippen LogP contribution in [0.5, 0.6) is 0 Å². The van der Waals surface area contributed by atoms with E-state index in [1.54, 1.807) is 0 Å². The number of hydrogen-bond acceptors (Lipinski definition) is 0. The van der Waals surface area contributed by atoms with Crippen molar-refractivity contribution in [2.24, 2.45) is 0 Å². The van der Waals surface area contributed by atoms with Gasteiger partial charge in [0.2, 0.25) is 0 Å². The van der Waals surface area contributed by atoms with Crippen molar-refractivity contribution >= 4 is 61.1 Å². The number of benzene rings is 9. The predicted molar refractivity (Wildman–Crippen MR) is 211 cm³/mol. The zero-order valence-corrected chi connectivity index (χ0v) is 27.8. The smallest absolute Gasteiger partial charge is 0.0623 e. The summed E-state index contributed by atoms with van der Waals surface area (Å²) in [7, 11) is -2.54. The normalized spacial score (nSPS) is 13.5. The largest absolute Gasteiger partial charge is 0.182 e. The molecule has 0 aliphatic carbocycles. The van der Waals surface area contributed by atoms with Crippen molar-refractivity contribution < 1.29 is 0 Å². The molecule has 9 aromatic carbocycles. The molecule has 0 radical (unpaired) electrons. The number of hydrogen-bond donors (Lipinski definition) is 0. The van der Waals surface area contributed by atoms with E-state index >= 15 is 0 Å². The fraction of sp³-hybridized carbons (Fsp3) is 0. The summed E-state index contributed by atoms with van der Waals surface area (Å²) in [4.78, 5) is 0. The topological polar surface area (TPSA) is 0 Å². The summed E-state index contributed by atoms with van der Waals surface area (Å²) in [5, 5.41) is 13.8. The zero-order chi connectivity index (χ0) is 32.1. The van der Waals surface area contributed by atoms with Gasteiger partial charge in [-0.3, -0.25) is 0 Å². The van der Waals surface area contributed by atoms with Gasteiger partial charge in [0.15, 0.2) is 8.07 Å². The molecule has 0 fully saturated rings. The molecule has 1 spiro atoms. The standard InChI is InChI=1S/C48H30Si/c1-2-14-32-29-33(26-25-31(32)13-1)47-39-18-3-5-20-41(39)48(42-21-6-4-19-40(42)47)34-27-28-38-37-17-9-12-24-45(37)49(46(38)30-34)43-22-10-7-15-35(43)36-16-8-11-23-44(36)49/h1-30H. The lowest BCUT2D eigenvalue weighted by Gasteiger charge is -2.28. The van der Waals surface area contributed by atoms with Crippen molar-refractivity contribution in [3.63, 3.8) is 0 Å².